The zero-order valence-corrected chi connectivity index (χ0v) is 13.7. The van der Waals surface area contributed by atoms with Crippen LogP contribution < -0.4 is 0 Å². The normalized spacial score (nSPS) is 12.7. The molecule has 0 amide bonds. The summed E-state index contributed by atoms with van der Waals surface area (Å²) in [5.74, 6) is -0.767. The highest BCUT2D eigenvalue weighted by Crippen LogP contribution is 2.23. The Hall–Kier alpha value is -2.74. The van der Waals surface area contributed by atoms with Crippen molar-refractivity contribution in [1.29, 1.82) is 0 Å². The second kappa shape index (κ2) is 5.72. The minimum Gasteiger partial charge on any atom is -0.411 e. The van der Waals surface area contributed by atoms with Crippen LogP contribution in [0.5, 0.6) is 0 Å². The quantitative estimate of drug-likeness (QED) is 0.448. The molecular formula is C16H14FN3O3S. The molecule has 8 heteroatoms. The van der Waals surface area contributed by atoms with Crippen LogP contribution in [-0.4, -0.2) is 28.3 Å². The SMILES string of the molecule is C/C(=N\O)c1nc2ccn(S(=O)(=O)c3ccc(C)cc3)c2cc1F. The van der Waals surface area contributed by atoms with Gasteiger partial charge in [0.25, 0.3) is 10.0 Å². The molecule has 3 aromatic rings. The van der Waals surface area contributed by atoms with Gasteiger partial charge in [-0.15, -0.1) is 0 Å². The maximum absolute atomic E-state index is 14.2. The van der Waals surface area contributed by atoms with Crippen molar-refractivity contribution in [2.45, 2.75) is 18.7 Å². The number of fused-ring (bicyclic) bond motifs is 1. The third kappa shape index (κ3) is 2.54. The number of aromatic nitrogens is 2. The van der Waals surface area contributed by atoms with Crippen LogP contribution in [0.3, 0.4) is 0 Å². The fraction of sp³-hybridized carbons (Fsp3) is 0.125. The van der Waals surface area contributed by atoms with E-state index in [4.69, 9.17) is 5.21 Å². The Balaban J connectivity index is 2.21. The Morgan fingerprint density at radius 3 is 2.54 bits per heavy atom. The summed E-state index contributed by atoms with van der Waals surface area (Å²) in [6, 6.07) is 8.91. The first-order valence-corrected chi connectivity index (χ1v) is 8.47. The predicted molar refractivity (Wildman–Crippen MR) is 87.5 cm³/mol. The minimum atomic E-state index is -3.86. The molecule has 1 N–H and O–H groups in total. The van der Waals surface area contributed by atoms with Crippen LogP contribution in [0.15, 0.2) is 52.6 Å². The number of pyridine rings is 1. The second-order valence-electron chi connectivity index (χ2n) is 5.34. The lowest BCUT2D eigenvalue weighted by molar-refractivity contribution is 0.318. The topological polar surface area (TPSA) is 84.6 Å². The Morgan fingerprint density at radius 2 is 1.92 bits per heavy atom. The van der Waals surface area contributed by atoms with E-state index in [0.29, 0.717) is 0 Å². The van der Waals surface area contributed by atoms with Gasteiger partial charge in [0.15, 0.2) is 5.82 Å². The van der Waals surface area contributed by atoms with Gasteiger partial charge in [-0.3, -0.25) is 0 Å². The molecule has 0 aliphatic heterocycles. The highest BCUT2D eigenvalue weighted by molar-refractivity contribution is 7.90. The summed E-state index contributed by atoms with van der Waals surface area (Å²) < 4.78 is 40.7. The van der Waals surface area contributed by atoms with Gasteiger partial charge < -0.3 is 5.21 Å². The summed E-state index contributed by atoms with van der Waals surface area (Å²) in [6.07, 6.45) is 1.32. The van der Waals surface area contributed by atoms with Gasteiger partial charge >= 0.3 is 0 Å². The van der Waals surface area contributed by atoms with E-state index in [-0.39, 0.29) is 27.3 Å². The van der Waals surface area contributed by atoms with Gasteiger partial charge in [-0.05, 0) is 32.0 Å². The summed E-state index contributed by atoms with van der Waals surface area (Å²) in [6.45, 7) is 3.25. The highest BCUT2D eigenvalue weighted by atomic mass is 32.2. The summed E-state index contributed by atoms with van der Waals surface area (Å²) in [5.41, 5.74) is 1.20. The van der Waals surface area contributed by atoms with Crippen molar-refractivity contribution in [1.82, 2.24) is 8.96 Å². The molecule has 0 saturated carbocycles. The van der Waals surface area contributed by atoms with Crippen molar-refractivity contribution < 1.29 is 18.0 Å². The van der Waals surface area contributed by atoms with Gasteiger partial charge in [-0.1, -0.05) is 22.9 Å². The first-order valence-electron chi connectivity index (χ1n) is 7.03. The van der Waals surface area contributed by atoms with Crippen molar-refractivity contribution >= 4 is 26.8 Å². The standard InChI is InChI=1S/C16H14FN3O3S/c1-10-3-5-12(6-4-10)24(22,23)20-8-7-14-15(20)9-13(17)16(18-14)11(2)19-21/h3-9,21H,1-2H3/b19-11+. The maximum atomic E-state index is 14.2. The monoisotopic (exact) mass is 347 g/mol. The molecule has 124 valence electrons. The van der Waals surface area contributed by atoms with Crippen LogP contribution in [0.2, 0.25) is 0 Å². The summed E-state index contributed by atoms with van der Waals surface area (Å²) in [4.78, 5) is 4.14. The lowest BCUT2D eigenvalue weighted by Crippen LogP contribution is -2.12. The van der Waals surface area contributed by atoms with Gasteiger partial charge in [-0.25, -0.2) is 21.8 Å². The van der Waals surface area contributed by atoms with Crippen LogP contribution in [0.4, 0.5) is 4.39 Å². The van der Waals surface area contributed by atoms with E-state index in [9.17, 15) is 12.8 Å². The van der Waals surface area contributed by atoms with Crippen molar-refractivity contribution in [2.24, 2.45) is 5.16 Å². The number of rotatable bonds is 3. The van der Waals surface area contributed by atoms with Crippen molar-refractivity contribution in [3.63, 3.8) is 0 Å². The number of benzene rings is 1. The molecule has 0 aliphatic rings. The van der Waals surface area contributed by atoms with E-state index in [1.165, 1.54) is 31.3 Å². The predicted octanol–water partition coefficient (Wildman–Crippen LogP) is 2.92. The number of nitrogens with zero attached hydrogens (tertiary/aromatic N) is 3. The molecule has 0 radical (unpaired) electrons. The van der Waals surface area contributed by atoms with Crippen molar-refractivity contribution in [2.75, 3.05) is 0 Å². The van der Waals surface area contributed by atoms with Gasteiger partial charge in [0.2, 0.25) is 0 Å². The maximum Gasteiger partial charge on any atom is 0.268 e. The van der Waals surface area contributed by atoms with Crippen molar-refractivity contribution in [3.05, 3.63) is 59.7 Å². The molecule has 2 heterocycles. The number of hydrogen-bond donors (Lipinski definition) is 1. The number of aryl methyl sites for hydroxylation is 1. The smallest absolute Gasteiger partial charge is 0.268 e. The largest absolute Gasteiger partial charge is 0.411 e. The molecule has 2 aromatic heterocycles. The average Bonchev–Trinajstić information content (AvgIpc) is 2.97. The van der Waals surface area contributed by atoms with Gasteiger partial charge in [0.1, 0.15) is 11.4 Å². The number of halogens is 1. The molecule has 0 aliphatic carbocycles. The highest BCUT2D eigenvalue weighted by Gasteiger charge is 2.21. The fourth-order valence-corrected chi connectivity index (χ4v) is 3.68. The number of hydrogen-bond acceptors (Lipinski definition) is 5. The van der Waals surface area contributed by atoms with E-state index in [0.717, 1.165) is 15.6 Å². The van der Waals surface area contributed by atoms with Crippen LogP contribution in [0.25, 0.3) is 11.0 Å². The van der Waals surface area contributed by atoms with Gasteiger partial charge in [0.05, 0.1) is 15.9 Å². The Bertz CT molecular complexity index is 1050. The van der Waals surface area contributed by atoms with Gasteiger partial charge in [-0.2, -0.15) is 0 Å². The minimum absolute atomic E-state index is 0.00328. The van der Waals surface area contributed by atoms with Crippen molar-refractivity contribution in [3.8, 4) is 0 Å². The van der Waals surface area contributed by atoms with Gasteiger partial charge in [0, 0.05) is 12.3 Å². The molecular weight excluding hydrogens is 333 g/mol. The molecule has 1 aromatic carbocycles. The summed E-state index contributed by atoms with van der Waals surface area (Å²) in [5, 5.41) is 11.7. The average molecular weight is 347 g/mol. The zero-order valence-electron chi connectivity index (χ0n) is 12.9. The Labute approximate surface area is 137 Å². The molecule has 0 bridgehead atoms. The molecule has 0 spiro atoms. The van der Waals surface area contributed by atoms with Crippen LogP contribution in [-0.2, 0) is 10.0 Å². The summed E-state index contributed by atoms with van der Waals surface area (Å²) in [7, 11) is -3.86. The Kier molecular flexibility index (Phi) is 3.84. The van der Waals surface area contributed by atoms with E-state index in [1.807, 2.05) is 6.92 Å². The van der Waals surface area contributed by atoms with E-state index in [2.05, 4.69) is 10.1 Å². The molecule has 24 heavy (non-hydrogen) atoms. The lowest BCUT2D eigenvalue weighted by Gasteiger charge is -2.08. The second-order valence-corrected chi connectivity index (χ2v) is 7.15. The molecule has 0 unspecified atom stereocenters. The third-order valence-electron chi connectivity index (χ3n) is 3.66. The molecule has 0 saturated heterocycles. The Morgan fingerprint density at radius 1 is 1.25 bits per heavy atom. The van der Waals surface area contributed by atoms with E-state index in [1.54, 1.807) is 12.1 Å². The molecule has 0 atom stereocenters. The molecule has 6 nitrogen and oxygen atoms in total. The summed E-state index contributed by atoms with van der Waals surface area (Å²) >= 11 is 0. The zero-order chi connectivity index (χ0) is 17.5. The number of oxime groups is 1. The fourth-order valence-electron chi connectivity index (χ4n) is 2.35. The lowest BCUT2D eigenvalue weighted by atomic mass is 10.2. The van der Waals surface area contributed by atoms with Crippen LogP contribution in [0.1, 0.15) is 18.2 Å². The van der Waals surface area contributed by atoms with E-state index >= 15 is 0 Å². The van der Waals surface area contributed by atoms with Crippen LogP contribution in [0, 0.1) is 12.7 Å². The van der Waals surface area contributed by atoms with E-state index < -0.39 is 15.8 Å². The first-order chi connectivity index (χ1) is 11.3. The van der Waals surface area contributed by atoms with Crippen LogP contribution >= 0.6 is 0 Å². The third-order valence-corrected chi connectivity index (χ3v) is 5.36. The molecule has 3 rings (SSSR count). The first kappa shape index (κ1) is 16.1. The molecule has 0 fully saturated rings.